The minimum absolute atomic E-state index is 0.278. The van der Waals surface area contributed by atoms with Crippen molar-refractivity contribution in [2.24, 2.45) is 5.73 Å². The molecule has 0 aliphatic heterocycles. The smallest absolute Gasteiger partial charge is 0.150 e. The van der Waals surface area contributed by atoms with Crippen LogP contribution >= 0.6 is 15.9 Å². The molecule has 5 heteroatoms. The molecule has 0 aliphatic carbocycles. The number of aromatic nitrogens is 1. The summed E-state index contributed by atoms with van der Waals surface area (Å²) in [6.45, 7) is 0.278. The summed E-state index contributed by atoms with van der Waals surface area (Å²) in [5, 5.41) is 3.81. The van der Waals surface area contributed by atoms with Gasteiger partial charge in [-0.15, -0.1) is 0 Å². The van der Waals surface area contributed by atoms with Crippen LogP contribution in [0.1, 0.15) is 5.76 Å². The zero-order valence-electron chi connectivity index (χ0n) is 7.71. The van der Waals surface area contributed by atoms with Gasteiger partial charge in [-0.3, -0.25) is 0 Å². The number of rotatable bonds is 2. The van der Waals surface area contributed by atoms with Crippen LogP contribution in [0, 0.1) is 5.82 Å². The van der Waals surface area contributed by atoms with Crippen LogP contribution in [0.4, 0.5) is 4.39 Å². The summed E-state index contributed by atoms with van der Waals surface area (Å²) in [7, 11) is 0. The van der Waals surface area contributed by atoms with Crippen LogP contribution in [0.25, 0.3) is 11.3 Å². The van der Waals surface area contributed by atoms with E-state index in [0.717, 1.165) is 4.47 Å². The fourth-order valence-electron chi connectivity index (χ4n) is 1.23. The summed E-state index contributed by atoms with van der Waals surface area (Å²) in [6.07, 6.45) is 0. The van der Waals surface area contributed by atoms with Crippen LogP contribution in [0.2, 0.25) is 0 Å². The highest BCUT2D eigenvalue weighted by Gasteiger charge is 2.09. The predicted molar refractivity (Wildman–Crippen MR) is 57.5 cm³/mol. The molecule has 1 aromatic carbocycles. The zero-order valence-corrected chi connectivity index (χ0v) is 9.29. The first-order valence-electron chi connectivity index (χ1n) is 4.32. The number of nitrogens with zero attached hydrogens (tertiary/aromatic N) is 1. The molecule has 0 saturated heterocycles. The molecule has 78 valence electrons. The molecule has 0 unspecified atom stereocenters. The van der Waals surface area contributed by atoms with Gasteiger partial charge in [0.25, 0.3) is 0 Å². The lowest BCUT2D eigenvalue weighted by Gasteiger charge is -1.99. The summed E-state index contributed by atoms with van der Waals surface area (Å²) in [6, 6.07) is 6.08. The molecule has 0 aliphatic rings. The fourth-order valence-corrected chi connectivity index (χ4v) is 1.68. The highest BCUT2D eigenvalue weighted by atomic mass is 79.9. The van der Waals surface area contributed by atoms with Crippen molar-refractivity contribution in [3.8, 4) is 11.3 Å². The number of halogens is 2. The van der Waals surface area contributed by atoms with Gasteiger partial charge in [-0.1, -0.05) is 21.1 Å². The second kappa shape index (κ2) is 4.12. The van der Waals surface area contributed by atoms with E-state index >= 15 is 0 Å². The van der Waals surface area contributed by atoms with Gasteiger partial charge in [-0.25, -0.2) is 4.39 Å². The van der Waals surface area contributed by atoms with Crippen molar-refractivity contribution in [1.29, 1.82) is 0 Å². The minimum Gasteiger partial charge on any atom is -0.359 e. The van der Waals surface area contributed by atoms with Gasteiger partial charge >= 0.3 is 0 Å². The van der Waals surface area contributed by atoms with E-state index in [1.807, 2.05) is 0 Å². The van der Waals surface area contributed by atoms with E-state index in [1.54, 1.807) is 12.1 Å². The second-order valence-corrected chi connectivity index (χ2v) is 3.86. The molecule has 1 aromatic heterocycles. The van der Waals surface area contributed by atoms with Gasteiger partial charge in [0.05, 0.1) is 6.54 Å². The Balaban J connectivity index is 2.48. The Labute approximate surface area is 94.2 Å². The van der Waals surface area contributed by atoms with Crippen molar-refractivity contribution in [3.05, 3.63) is 40.3 Å². The second-order valence-electron chi connectivity index (χ2n) is 3.01. The molecule has 2 N–H and O–H groups in total. The molecule has 3 nitrogen and oxygen atoms in total. The molecule has 0 radical (unpaired) electrons. The molecule has 15 heavy (non-hydrogen) atoms. The van der Waals surface area contributed by atoms with Gasteiger partial charge in [0, 0.05) is 16.1 Å². The maximum Gasteiger partial charge on any atom is 0.150 e. The molecular weight excluding hydrogens is 263 g/mol. The summed E-state index contributed by atoms with van der Waals surface area (Å²) in [4.78, 5) is 0. The SMILES string of the molecule is NCc1cc(-c2cc(F)ccc2Br)no1. The largest absolute Gasteiger partial charge is 0.359 e. The molecule has 2 aromatic rings. The maximum atomic E-state index is 13.0. The Hall–Kier alpha value is -1.20. The highest BCUT2D eigenvalue weighted by Crippen LogP contribution is 2.28. The molecule has 0 amide bonds. The van der Waals surface area contributed by atoms with E-state index in [2.05, 4.69) is 21.1 Å². The molecule has 0 fully saturated rings. The first kappa shape index (κ1) is 10.3. The first-order chi connectivity index (χ1) is 7.20. The summed E-state index contributed by atoms with van der Waals surface area (Å²) < 4.78 is 18.7. The quantitative estimate of drug-likeness (QED) is 0.913. The normalized spacial score (nSPS) is 10.6. The van der Waals surface area contributed by atoms with Crippen molar-refractivity contribution < 1.29 is 8.91 Å². The average molecular weight is 271 g/mol. The number of hydrogen-bond acceptors (Lipinski definition) is 3. The third-order valence-corrected chi connectivity index (χ3v) is 2.66. The number of benzene rings is 1. The summed E-state index contributed by atoms with van der Waals surface area (Å²) in [5.74, 6) is 0.256. The van der Waals surface area contributed by atoms with E-state index in [9.17, 15) is 4.39 Å². The Morgan fingerprint density at radius 1 is 1.40 bits per heavy atom. The number of nitrogens with two attached hydrogens (primary N) is 1. The maximum absolute atomic E-state index is 13.0. The van der Waals surface area contributed by atoms with Gasteiger partial charge in [-0.05, 0) is 18.2 Å². The van der Waals surface area contributed by atoms with Crippen LogP contribution in [0.15, 0.2) is 33.3 Å². The lowest BCUT2D eigenvalue weighted by Crippen LogP contribution is -1.92. The highest BCUT2D eigenvalue weighted by molar-refractivity contribution is 9.10. The zero-order chi connectivity index (χ0) is 10.8. The first-order valence-corrected chi connectivity index (χ1v) is 5.11. The third-order valence-electron chi connectivity index (χ3n) is 1.96. The van der Waals surface area contributed by atoms with Gasteiger partial charge in [-0.2, -0.15) is 0 Å². The fraction of sp³-hybridized carbons (Fsp3) is 0.100. The van der Waals surface area contributed by atoms with Gasteiger partial charge < -0.3 is 10.3 Å². The Bertz CT molecular complexity index is 484. The van der Waals surface area contributed by atoms with Gasteiger partial charge in [0.1, 0.15) is 11.5 Å². The summed E-state index contributed by atoms with van der Waals surface area (Å²) in [5.41, 5.74) is 6.61. The molecular formula is C10H8BrFN2O. The van der Waals surface area contributed by atoms with E-state index < -0.39 is 0 Å². The van der Waals surface area contributed by atoms with Crippen molar-refractivity contribution in [1.82, 2.24) is 5.16 Å². The third kappa shape index (κ3) is 2.08. The monoisotopic (exact) mass is 270 g/mol. The van der Waals surface area contributed by atoms with Crippen LogP contribution in [-0.2, 0) is 6.54 Å². The predicted octanol–water partition coefficient (Wildman–Crippen LogP) is 2.70. The molecule has 0 spiro atoms. The Morgan fingerprint density at radius 3 is 2.87 bits per heavy atom. The van der Waals surface area contributed by atoms with E-state index in [1.165, 1.54) is 12.1 Å². The van der Waals surface area contributed by atoms with Crippen molar-refractivity contribution in [3.63, 3.8) is 0 Å². The molecule has 0 atom stereocenters. The van der Waals surface area contributed by atoms with Gasteiger partial charge in [0.15, 0.2) is 5.76 Å². The van der Waals surface area contributed by atoms with Crippen molar-refractivity contribution >= 4 is 15.9 Å². The van der Waals surface area contributed by atoms with E-state index in [0.29, 0.717) is 17.0 Å². The molecule has 0 bridgehead atoms. The van der Waals surface area contributed by atoms with Gasteiger partial charge in [0.2, 0.25) is 0 Å². The van der Waals surface area contributed by atoms with Crippen LogP contribution < -0.4 is 5.73 Å². The van der Waals surface area contributed by atoms with Crippen LogP contribution in [0.3, 0.4) is 0 Å². The molecule has 2 rings (SSSR count). The molecule has 1 heterocycles. The number of hydrogen-bond donors (Lipinski definition) is 1. The standard InChI is InChI=1S/C10H8BrFN2O/c11-9-2-1-6(12)3-8(9)10-4-7(5-13)15-14-10/h1-4H,5,13H2. The lowest BCUT2D eigenvalue weighted by molar-refractivity contribution is 0.387. The minimum atomic E-state index is -0.314. The van der Waals surface area contributed by atoms with Crippen LogP contribution in [0.5, 0.6) is 0 Å². The Kier molecular flexibility index (Phi) is 2.83. The molecule has 0 saturated carbocycles. The average Bonchev–Trinajstić information content (AvgIpc) is 2.70. The van der Waals surface area contributed by atoms with E-state index in [-0.39, 0.29) is 12.4 Å². The van der Waals surface area contributed by atoms with Crippen molar-refractivity contribution in [2.75, 3.05) is 0 Å². The lowest BCUT2D eigenvalue weighted by atomic mass is 10.1. The van der Waals surface area contributed by atoms with Crippen LogP contribution in [-0.4, -0.2) is 5.16 Å². The van der Waals surface area contributed by atoms with Crippen molar-refractivity contribution in [2.45, 2.75) is 6.54 Å². The Morgan fingerprint density at radius 2 is 2.20 bits per heavy atom. The topological polar surface area (TPSA) is 52.0 Å². The van der Waals surface area contributed by atoms with E-state index in [4.69, 9.17) is 10.3 Å². The summed E-state index contributed by atoms with van der Waals surface area (Å²) >= 11 is 3.32.